The van der Waals surface area contributed by atoms with Crippen molar-refractivity contribution < 1.29 is 41.3 Å². The molecule has 0 saturated heterocycles. The van der Waals surface area contributed by atoms with Gasteiger partial charge < -0.3 is 14.9 Å². The zero-order valence-corrected chi connectivity index (χ0v) is 13.4. The lowest BCUT2D eigenvalue weighted by molar-refractivity contribution is 0.206. The van der Waals surface area contributed by atoms with Gasteiger partial charge in [0.2, 0.25) is 0 Å². The summed E-state index contributed by atoms with van der Waals surface area (Å²) >= 11 is 0. The molecular weight excluding hydrogens is 346 g/mol. The van der Waals surface area contributed by atoms with E-state index in [1.165, 1.54) is 18.2 Å². The SMILES string of the molecule is CP(=O)(O)OP(=O)(O)OCCS(=O)(=O)c1cccc(O)c1. The van der Waals surface area contributed by atoms with E-state index in [4.69, 9.17) is 9.79 Å². The number of hydrogen-bond donors (Lipinski definition) is 3. The van der Waals surface area contributed by atoms with Crippen molar-refractivity contribution in [1.29, 1.82) is 0 Å². The number of phenolic OH excluding ortho intramolecular Hbond substituents is 1. The highest BCUT2D eigenvalue weighted by molar-refractivity contribution is 7.91. The van der Waals surface area contributed by atoms with Crippen LogP contribution in [0.3, 0.4) is 0 Å². The molecule has 0 aliphatic carbocycles. The van der Waals surface area contributed by atoms with Crippen LogP contribution in [0.25, 0.3) is 0 Å². The third kappa shape index (κ3) is 6.71. The van der Waals surface area contributed by atoms with Gasteiger partial charge in [-0.1, -0.05) is 6.07 Å². The standard InChI is InChI=1S/C9H14O9P2S/c1-19(11,12)18-20(13,14)17-5-6-21(15,16)9-4-2-3-8(10)7-9/h2-4,7,10H,5-6H2,1H3,(H,11,12)(H,13,14). The van der Waals surface area contributed by atoms with E-state index >= 15 is 0 Å². The van der Waals surface area contributed by atoms with Crippen LogP contribution >= 0.6 is 15.4 Å². The minimum Gasteiger partial charge on any atom is -0.508 e. The molecule has 1 aromatic carbocycles. The topological polar surface area (TPSA) is 147 Å². The van der Waals surface area contributed by atoms with Gasteiger partial charge in [0.15, 0.2) is 9.84 Å². The second-order valence-electron chi connectivity index (χ2n) is 4.00. The van der Waals surface area contributed by atoms with Gasteiger partial charge in [-0.05, 0) is 18.2 Å². The first-order valence-electron chi connectivity index (χ1n) is 5.42. The Balaban J connectivity index is 2.67. The van der Waals surface area contributed by atoms with Crippen LogP contribution in [-0.2, 0) is 27.8 Å². The van der Waals surface area contributed by atoms with Gasteiger partial charge in [-0.2, -0.15) is 0 Å². The van der Waals surface area contributed by atoms with Crippen LogP contribution < -0.4 is 0 Å². The van der Waals surface area contributed by atoms with E-state index < -0.39 is 37.6 Å². The molecular formula is C9H14O9P2S. The van der Waals surface area contributed by atoms with Gasteiger partial charge in [0.25, 0.3) is 0 Å². The van der Waals surface area contributed by atoms with Gasteiger partial charge in [0.1, 0.15) is 5.75 Å². The normalized spacial score (nSPS) is 17.9. The van der Waals surface area contributed by atoms with Crippen LogP contribution in [0.15, 0.2) is 29.2 Å². The van der Waals surface area contributed by atoms with Crippen molar-refractivity contribution in [2.24, 2.45) is 0 Å². The molecule has 0 spiro atoms. The van der Waals surface area contributed by atoms with Crippen molar-refractivity contribution in [3.8, 4) is 5.75 Å². The maximum absolute atomic E-state index is 11.8. The molecule has 0 amide bonds. The predicted octanol–water partition coefficient (Wildman–Crippen LogP) is 1.11. The highest BCUT2D eigenvalue weighted by Gasteiger charge is 2.30. The number of aromatic hydroxyl groups is 1. The van der Waals surface area contributed by atoms with Gasteiger partial charge in [-0.15, -0.1) is 0 Å². The predicted molar refractivity (Wildman–Crippen MR) is 72.8 cm³/mol. The first kappa shape index (κ1) is 18.3. The lowest BCUT2D eigenvalue weighted by atomic mass is 10.3. The molecule has 2 atom stereocenters. The molecule has 0 aliphatic heterocycles. The molecule has 0 aromatic heterocycles. The Morgan fingerprint density at radius 1 is 1.24 bits per heavy atom. The minimum atomic E-state index is -4.83. The number of phosphoric ester groups is 1. The molecule has 0 saturated carbocycles. The van der Waals surface area contributed by atoms with Crippen molar-refractivity contribution in [1.82, 2.24) is 0 Å². The Bertz CT molecular complexity index is 693. The molecule has 0 aliphatic rings. The first-order valence-corrected chi connectivity index (χ1v) is 10.6. The van der Waals surface area contributed by atoms with Crippen LogP contribution in [0.2, 0.25) is 0 Å². The van der Waals surface area contributed by atoms with Crippen molar-refractivity contribution in [3.05, 3.63) is 24.3 Å². The van der Waals surface area contributed by atoms with Gasteiger partial charge in [0.05, 0.1) is 17.3 Å². The molecule has 1 rings (SSSR count). The summed E-state index contributed by atoms with van der Waals surface area (Å²) in [6.07, 6.45) is 0. The van der Waals surface area contributed by atoms with Crippen molar-refractivity contribution in [2.75, 3.05) is 19.0 Å². The Hall–Kier alpha value is -0.730. The molecule has 9 nitrogen and oxygen atoms in total. The van der Waals surface area contributed by atoms with Crippen LogP contribution in [0, 0.1) is 0 Å². The lowest BCUT2D eigenvalue weighted by Crippen LogP contribution is -2.12. The monoisotopic (exact) mass is 360 g/mol. The average molecular weight is 360 g/mol. The van der Waals surface area contributed by atoms with Gasteiger partial charge in [-0.25, -0.2) is 17.3 Å². The summed E-state index contributed by atoms with van der Waals surface area (Å²) in [7, 11) is -12.9. The van der Waals surface area contributed by atoms with E-state index in [9.17, 15) is 22.7 Å². The van der Waals surface area contributed by atoms with E-state index in [2.05, 4.69) is 8.83 Å². The van der Waals surface area contributed by atoms with Gasteiger partial charge >= 0.3 is 15.4 Å². The molecule has 21 heavy (non-hydrogen) atoms. The average Bonchev–Trinajstić information content (AvgIpc) is 2.24. The molecule has 3 N–H and O–H groups in total. The lowest BCUT2D eigenvalue weighted by Gasteiger charge is -2.13. The van der Waals surface area contributed by atoms with Crippen LogP contribution in [0.5, 0.6) is 5.75 Å². The number of phosphoric acid groups is 1. The fraction of sp³-hybridized carbons (Fsp3) is 0.333. The molecule has 0 fully saturated rings. The first-order chi connectivity index (χ1) is 9.41. The minimum absolute atomic E-state index is 0.192. The van der Waals surface area contributed by atoms with E-state index in [-0.39, 0.29) is 10.6 Å². The quantitative estimate of drug-likeness (QED) is 0.608. The Kier molecular flexibility index (Phi) is 5.74. The van der Waals surface area contributed by atoms with Crippen LogP contribution in [-0.4, -0.2) is 42.3 Å². The van der Waals surface area contributed by atoms with Gasteiger partial charge in [0, 0.05) is 6.66 Å². The number of benzene rings is 1. The largest absolute Gasteiger partial charge is 0.508 e. The van der Waals surface area contributed by atoms with Crippen molar-refractivity contribution >= 4 is 25.3 Å². The summed E-state index contributed by atoms with van der Waals surface area (Å²) in [6.45, 7) is -0.0471. The zero-order valence-electron chi connectivity index (χ0n) is 10.8. The fourth-order valence-electron chi connectivity index (χ4n) is 1.27. The highest BCUT2D eigenvalue weighted by Crippen LogP contribution is 2.57. The summed E-state index contributed by atoms with van der Waals surface area (Å²) < 4.78 is 54.0. The van der Waals surface area contributed by atoms with E-state index in [0.717, 1.165) is 6.07 Å². The molecule has 1 aromatic rings. The van der Waals surface area contributed by atoms with E-state index in [1.807, 2.05) is 0 Å². The second kappa shape index (κ2) is 6.58. The third-order valence-corrected chi connectivity index (χ3v) is 6.26. The van der Waals surface area contributed by atoms with E-state index in [0.29, 0.717) is 6.66 Å². The summed E-state index contributed by atoms with van der Waals surface area (Å²) in [5.41, 5.74) is 0. The van der Waals surface area contributed by atoms with Crippen LogP contribution in [0.1, 0.15) is 0 Å². The maximum Gasteiger partial charge on any atom is 0.479 e. The maximum atomic E-state index is 11.8. The Labute approximate surface area is 121 Å². The van der Waals surface area contributed by atoms with Gasteiger partial charge in [-0.3, -0.25) is 9.09 Å². The summed E-state index contributed by atoms with van der Waals surface area (Å²) in [4.78, 5) is 17.7. The van der Waals surface area contributed by atoms with Crippen molar-refractivity contribution in [2.45, 2.75) is 4.90 Å². The number of hydrogen-bond acceptors (Lipinski definition) is 7. The molecule has 2 unspecified atom stereocenters. The molecule has 0 heterocycles. The molecule has 12 heteroatoms. The molecule has 0 bridgehead atoms. The third-order valence-electron chi connectivity index (χ3n) is 2.04. The summed E-state index contributed by atoms with van der Waals surface area (Å²) in [5, 5.41) is 9.20. The van der Waals surface area contributed by atoms with Crippen molar-refractivity contribution in [3.63, 3.8) is 0 Å². The summed E-state index contributed by atoms with van der Waals surface area (Å²) in [5.74, 6) is -0.926. The van der Waals surface area contributed by atoms with E-state index in [1.54, 1.807) is 0 Å². The number of rotatable bonds is 7. The fourth-order valence-corrected chi connectivity index (χ4v) is 4.56. The Morgan fingerprint density at radius 3 is 2.38 bits per heavy atom. The summed E-state index contributed by atoms with van der Waals surface area (Å²) in [6, 6.07) is 4.85. The number of phenols is 1. The number of sulfone groups is 1. The smallest absolute Gasteiger partial charge is 0.479 e. The van der Waals surface area contributed by atoms with Crippen LogP contribution in [0.4, 0.5) is 0 Å². The molecule has 120 valence electrons. The highest BCUT2D eigenvalue weighted by atomic mass is 32.2. The molecule has 0 radical (unpaired) electrons. The Morgan fingerprint density at radius 2 is 1.86 bits per heavy atom. The zero-order chi connectivity index (χ0) is 16.3. The second-order valence-corrected chi connectivity index (χ2v) is 9.57.